The molecule has 0 aromatic heterocycles. The van der Waals surface area contributed by atoms with Gasteiger partial charge in [0.1, 0.15) is 39.0 Å². The van der Waals surface area contributed by atoms with Crippen LogP contribution in [0.15, 0.2) is 24.3 Å². The van der Waals surface area contributed by atoms with Crippen molar-refractivity contribution in [3.63, 3.8) is 0 Å². The highest BCUT2D eigenvalue weighted by Crippen LogP contribution is 2.13. The van der Waals surface area contributed by atoms with Crippen LogP contribution >= 0.6 is 0 Å². The van der Waals surface area contributed by atoms with Crippen molar-refractivity contribution in [1.29, 1.82) is 0 Å². The van der Waals surface area contributed by atoms with Crippen LogP contribution in [0.1, 0.15) is 201 Å². The molecular weight excluding hydrogens is 622 g/mol. The second-order valence-electron chi connectivity index (χ2n) is 15.2. The van der Waals surface area contributed by atoms with Crippen LogP contribution in [0.3, 0.4) is 0 Å². The molecule has 0 saturated heterocycles. The van der Waals surface area contributed by atoms with Crippen LogP contribution in [0.2, 0.25) is 0 Å². The Hall–Kier alpha value is -1.66. The Morgan fingerprint density at radius 3 is 1.14 bits per heavy atom. The molecule has 0 radical (unpaired) electrons. The number of rotatable bonds is 38. The van der Waals surface area contributed by atoms with Gasteiger partial charge in [0.2, 0.25) is 0 Å². The molecule has 0 fully saturated rings. The Kier molecular flexibility index (Phi) is 35.9. The number of carbonyl (C=O) groups is 2. The van der Waals surface area contributed by atoms with Gasteiger partial charge < -0.3 is 19.1 Å². The van der Waals surface area contributed by atoms with E-state index in [1.807, 2.05) is 7.05 Å². The summed E-state index contributed by atoms with van der Waals surface area (Å²) in [5.41, 5.74) is 0. The Bertz CT molecular complexity index is 750. The number of likely N-dealkylation sites (N-methyl/N-ethyl adjacent to an activating group) is 1. The van der Waals surface area contributed by atoms with E-state index < -0.39 is 6.10 Å². The second-order valence-corrected chi connectivity index (χ2v) is 15.2. The third-order valence-corrected chi connectivity index (χ3v) is 9.78. The number of quaternary nitrogens is 1. The zero-order valence-corrected chi connectivity index (χ0v) is 33.7. The number of unbranched alkanes of at least 4 members (excludes halogenated alkanes) is 22. The fraction of sp³-hybridized carbons (Fsp3) is 0.864. The predicted octanol–water partition coefficient (Wildman–Crippen LogP) is 12.0. The van der Waals surface area contributed by atoms with Gasteiger partial charge in [0.15, 0.2) is 0 Å². The van der Waals surface area contributed by atoms with Crippen molar-refractivity contribution in [3.05, 3.63) is 24.3 Å². The molecule has 0 spiro atoms. The second kappa shape index (κ2) is 37.1. The molecule has 0 saturated carbocycles. The van der Waals surface area contributed by atoms with Crippen LogP contribution in [-0.4, -0.2) is 67.5 Å². The monoisotopic (exact) mass is 707 g/mol. The van der Waals surface area contributed by atoms with Crippen molar-refractivity contribution < 1.29 is 28.7 Å². The van der Waals surface area contributed by atoms with Gasteiger partial charge in [0.05, 0.1) is 7.05 Å². The summed E-state index contributed by atoms with van der Waals surface area (Å²) in [5, 5.41) is 10.1. The lowest BCUT2D eigenvalue weighted by Gasteiger charge is -2.35. The van der Waals surface area contributed by atoms with Crippen molar-refractivity contribution >= 4 is 11.9 Å². The first-order valence-electron chi connectivity index (χ1n) is 21.5. The normalized spacial score (nSPS) is 12.7. The summed E-state index contributed by atoms with van der Waals surface area (Å²) in [6, 6.07) is 0. The fourth-order valence-corrected chi connectivity index (χ4v) is 6.52. The molecule has 6 heteroatoms. The molecule has 0 amide bonds. The SMILES string of the molecule is CCCCCCCC/C=C\CCCCCCCC(=O)OCC[N+](C)(CCOC(=O)CCCCCCC/C=C\CCCCCCCC)CC(C)O. The molecule has 0 rings (SSSR count). The van der Waals surface area contributed by atoms with Crippen LogP contribution in [0.4, 0.5) is 0 Å². The van der Waals surface area contributed by atoms with Gasteiger partial charge in [-0.1, -0.05) is 141 Å². The van der Waals surface area contributed by atoms with E-state index in [1.165, 1.54) is 128 Å². The summed E-state index contributed by atoms with van der Waals surface area (Å²) in [5.74, 6) is -0.282. The number of aliphatic hydroxyl groups is 1. The standard InChI is InChI=1S/C44H84NO5/c1-5-7-9-11-13-15-17-19-21-23-25-27-29-31-33-35-43(47)49-39-37-45(4,41-42(3)46)38-40-50-44(48)36-34-32-30-28-26-24-22-20-18-16-14-12-10-8-6-2/h19-22,42,46H,5-18,23-41H2,1-4H3/q+1/b21-19-,22-20-. The van der Waals surface area contributed by atoms with Crippen molar-refractivity contribution in [2.24, 2.45) is 0 Å². The van der Waals surface area contributed by atoms with Gasteiger partial charge in [-0.2, -0.15) is 0 Å². The predicted molar refractivity (Wildman–Crippen MR) is 213 cm³/mol. The van der Waals surface area contributed by atoms with E-state index in [4.69, 9.17) is 9.47 Å². The third-order valence-electron chi connectivity index (χ3n) is 9.78. The molecule has 0 aromatic carbocycles. The first-order chi connectivity index (χ1) is 24.3. The first-order valence-corrected chi connectivity index (χ1v) is 21.5. The average molecular weight is 707 g/mol. The summed E-state index contributed by atoms with van der Waals surface area (Å²) in [7, 11) is 2.03. The average Bonchev–Trinajstić information content (AvgIpc) is 3.07. The van der Waals surface area contributed by atoms with Gasteiger partial charge in [-0.25, -0.2) is 0 Å². The summed E-state index contributed by atoms with van der Waals surface area (Å²) in [6.07, 6.45) is 42.0. The van der Waals surface area contributed by atoms with E-state index in [9.17, 15) is 14.7 Å². The topological polar surface area (TPSA) is 72.8 Å². The fourth-order valence-electron chi connectivity index (χ4n) is 6.52. The quantitative estimate of drug-likeness (QED) is 0.0299. The lowest BCUT2D eigenvalue weighted by molar-refractivity contribution is -0.912. The van der Waals surface area contributed by atoms with Gasteiger partial charge in [0, 0.05) is 12.8 Å². The smallest absolute Gasteiger partial charge is 0.305 e. The highest BCUT2D eigenvalue weighted by Gasteiger charge is 2.25. The van der Waals surface area contributed by atoms with Crippen LogP contribution in [-0.2, 0) is 19.1 Å². The minimum absolute atomic E-state index is 0.141. The molecule has 1 N–H and O–H groups in total. The lowest BCUT2D eigenvalue weighted by Crippen LogP contribution is -2.52. The molecule has 1 unspecified atom stereocenters. The van der Waals surface area contributed by atoms with Gasteiger partial charge in [-0.3, -0.25) is 9.59 Å². The van der Waals surface area contributed by atoms with E-state index >= 15 is 0 Å². The Balaban J connectivity index is 3.85. The van der Waals surface area contributed by atoms with Gasteiger partial charge in [-0.15, -0.1) is 0 Å². The number of hydrogen-bond donors (Lipinski definition) is 1. The minimum Gasteiger partial charge on any atom is -0.460 e. The molecule has 50 heavy (non-hydrogen) atoms. The van der Waals surface area contributed by atoms with Gasteiger partial charge in [-0.05, 0) is 71.1 Å². The van der Waals surface area contributed by atoms with E-state index in [-0.39, 0.29) is 11.9 Å². The molecule has 0 aromatic rings. The van der Waals surface area contributed by atoms with Crippen LogP contribution in [0, 0.1) is 0 Å². The first kappa shape index (κ1) is 48.3. The number of carbonyl (C=O) groups excluding carboxylic acids is 2. The van der Waals surface area contributed by atoms with E-state index in [0.29, 0.717) is 50.2 Å². The zero-order valence-electron chi connectivity index (χ0n) is 33.7. The van der Waals surface area contributed by atoms with E-state index in [2.05, 4.69) is 38.2 Å². The van der Waals surface area contributed by atoms with Gasteiger partial charge in [0.25, 0.3) is 0 Å². The molecule has 6 nitrogen and oxygen atoms in total. The number of esters is 2. The summed E-state index contributed by atoms with van der Waals surface area (Å²) in [4.78, 5) is 24.6. The highest BCUT2D eigenvalue weighted by molar-refractivity contribution is 5.69. The highest BCUT2D eigenvalue weighted by atomic mass is 16.5. The Labute approximate surface area is 310 Å². The molecule has 0 aliphatic rings. The van der Waals surface area contributed by atoms with Crippen molar-refractivity contribution in [2.45, 2.75) is 207 Å². The maximum Gasteiger partial charge on any atom is 0.305 e. The van der Waals surface area contributed by atoms with Crippen molar-refractivity contribution in [3.8, 4) is 0 Å². The van der Waals surface area contributed by atoms with E-state index in [0.717, 1.165) is 38.5 Å². The number of aliphatic hydroxyl groups excluding tert-OH is 1. The molecule has 0 aliphatic heterocycles. The lowest BCUT2D eigenvalue weighted by atomic mass is 10.1. The summed E-state index contributed by atoms with van der Waals surface area (Å²) >= 11 is 0. The molecular formula is C44H84NO5+. The van der Waals surface area contributed by atoms with Crippen LogP contribution < -0.4 is 0 Å². The minimum atomic E-state index is -0.488. The zero-order chi connectivity index (χ0) is 36.8. The maximum absolute atomic E-state index is 12.3. The number of hydrogen-bond acceptors (Lipinski definition) is 5. The number of allylic oxidation sites excluding steroid dienone is 4. The molecule has 0 bridgehead atoms. The third kappa shape index (κ3) is 36.1. The molecule has 0 aliphatic carbocycles. The number of ether oxygens (including phenoxy) is 2. The van der Waals surface area contributed by atoms with Crippen molar-refractivity contribution in [2.75, 3.05) is 39.9 Å². The molecule has 1 atom stereocenters. The summed E-state index contributed by atoms with van der Waals surface area (Å²) in [6.45, 7) is 8.64. The molecule has 0 heterocycles. The van der Waals surface area contributed by atoms with Gasteiger partial charge >= 0.3 is 11.9 Å². The van der Waals surface area contributed by atoms with Crippen LogP contribution in [0.5, 0.6) is 0 Å². The Morgan fingerprint density at radius 2 is 0.820 bits per heavy atom. The number of nitrogens with zero attached hydrogens (tertiary/aromatic N) is 1. The molecule has 294 valence electrons. The van der Waals surface area contributed by atoms with Crippen LogP contribution in [0.25, 0.3) is 0 Å². The van der Waals surface area contributed by atoms with Crippen molar-refractivity contribution in [1.82, 2.24) is 0 Å². The Morgan fingerprint density at radius 1 is 0.520 bits per heavy atom. The van der Waals surface area contributed by atoms with E-state index in [1.54, 1.807) is 6.92 Å². The maximum atomic E-state index is 12.3. The largest absolute Gasteiger partial charge is 0.460 e. The summed E-state index contributed by atoms with van der Waals surface area (Å²) < 4.78 is 11.6.